The van der Waals surface area contributed by atoms with Crippen LogP contribution < -0.4 is 5.32 Å². The van der Waals surface area contributed by atoms with Crippen molar-refractivity contribution in [1.82, 2.24) is 9.97 Å². The van der Waals surface area contributed by atoms with Crippen molar-refractivity contribution in [3.05, 3.63) is 52.6 Å². The molecule has 1 aromatic heterocycles. The molecule has 1 amide bonds. The molecule has 0 unspecified atom stereocenters. The molecule has 1 heterocycles. The van der Waals surface area contributed by atoms with Crippen molar-refractivity contribution in [1.29, 1.82) is 0 Å². The van der Waals surface area contributed by atoms with Gasteiger partial charge in [0.15, 0.2) is 0 Å². The van der Waals surface area contributed by atoms with Crippen LogP contribution in [0.2, 0.25) is 0 Å². The molecule has 0 bridgehead atoms. The molecule has 2 aromatic rings. The number of carbonyl (C=O) groups excluding carboxylic acids is 1. The van der Waals surface area contributed by atoms with Gasteiger partial charge in [0.05, 0.1) is 11.3 Å². The Hall–Kier alpha value is -2.23. The van der Waals surface area contributed by atoms with Gasteiger partial charge in [-0.15, -0.1) is 0 Å². The lowest BCUT2D eigenvalue weighted by molar-refractivity contribution is 0.102. The van der Waals surface area contributed by atoms with Crippen molar-refractivity contribution in [2.45, 2.75) is 39.5 Å². The fraction of sp³-hybridized carbons (Fsp3) is 0.353. The number of nitrogens with one attached hydrogen (secondary N) is 1. The summed E-state index contributed by atoms with van der Waals surface area (Å²) in [7, 11) is 0. The van der Waals surface area contributed by atoms with Crippen LogP contribution in [0.25, 0.3) is 0 Å². The summed E-state index contributed by atoms with van der Waals surface area (Å²) >= 11 is 0. The minimum absolute atomic E-state index is 0.146. The fourth-order valence-electron chi connectivity index (χ4n) is 2.44. The molecule has 1 saturated carbocycles. The smallest absolute Gasteiger partial charge is 0.259 e. The molecule has 0 spiro atoms. The van der Waals surface area contributed by atoms with Crippen molar-refractivity contribution < 1.29 is 4.79 Å². The Bertz CT molecular complexity index is 685. The lowest BCUT2D eigenvalue weighted by Crippen LogP contribution is -2.16. The summed E-state index contributed by atoms with van der Waals surface area (Å²) in [5.74, 6) is 1.22. The van der Waals surface area contributed by atoms with Gasteiger partial charge in [-0.25, -0.2) is 9.97 Å². The molecule has 4 nitrogen and oxygen atoms in total. The minimum Gasteiger partial charge on any atom is -0.321 e. The molecule has 1 aliphatic rings. The monoisotopic (exact) mass is 281 g/mol. The van der Waals surface area contributed by atoms with Crippen molar-refractivity contribution in [3.8, 4) is 0 Å². The third-order valence-corrected chi connectivity index (χ3v) is 3.90. The van der Waals surface area contributed by atoms with Crippen LogP contribution in [0.4, 0.5) is 5.69 Å². The molecule has 0 radical (unpaired) electrons. The van der Waals surface area contributed by atoms with Crippen LogP contribution in [0, 0.1) is 20.8 Å². The first kappa shape index (κ1) is 13.7. The second kappa shape index (κ2) is 5.28. The number of hydrogen-bond acceptors (Lipinski definition) is 3. The summed E-state index contributed by atoms with van der Waals surface area (Å²) < 4.78 is 0. The van der Waals surface area contributed by atoms with E-state index >= 15 is 0 Å². The van der Waals surface area contributed by atoms with E-state index in [1.807, 2.05) is 39.0 Å². The number of aromatic nitrogens is 2. The third-order valence-electron chi connectivity index (χ3n) is 3.90. The SMILES string of the molecule is Cc1cccc(C)c1NC(=O)c1cnc(C2CC2)nc1C. The van der Waals surface area contributed by atoms with Crippen LogP contribution in [0.1, 0.15) is 51.8 Å². The standard InChI is InChI=1S/C17H19N3O/c1-10-5-4-6-11(2)15(10)20-17(21)14-9-18-16(13-7-8-13)19-12(14)3/h4-6,9,13H,7-8H2,1-3H3,(H,20,21). The van der Waals surface area contributed by atoms with E-state index in [-0.39, 0.29) is 5.91 Å². The summed E-state index contributed by atoms with van der Waals surface area (Å²) in [5.41, 5.74) is 4.26. The molecule has 0 aliphatic heterocycles. The Kier molecular flexibility index (Phi) is 3.45. The van der Waals surface area contributed by atoms with Crippen LogP contribution >= 0.6 is 0 Å². The molecule has 1 aliphatic carbocycles. The predicted molar refractivity (Wildman–Crippen MR) is 82.6 cm³/mol. The summed E-state index contributed by atoms with van der Waals surface area (Å²) in [6.07, 6.45) is 3.97. The maximum atomic E-state index is 12.4. The number of benzene rings is 1. The topological polar surface area (TPSA) is 54.9 Å². The first-order valence-electron chi connectivity index (χ1n) is 7.27. The van der Waals surface area contributed by atoms with E-state index in [0.717, 1.165) is 41.2 Å². The van der Waals surface area contributed by atoms with E-state index in [0.29, 0.717) is 11.5 Å². The average molecular weight is 281 g/mol. The number of para-hydroxylation sites is 1. The number of anilines is 1. The van der Waals surface area contributed by atoms with E-state index in [1.54, 1.807) is 6.20 Å². The van der Waals surface area contributed by atoms with Gasteiger partial charge in [0, 0.05) is 17.8 Å². The highest BCUT2D eigenvalue weighted by atomic mass is 16.1. The minimum atomic E-state index is -0.146. The number of amides is 1. The lowest BCUT2D eigenvalue weighted by atomic mass is 10.1. The molecule has 0 saturated heterocycles. The van der Waals surface area contributed by atoms with E-state index in [4.69, 9.17) is 0 Å². The van der Waals surface area contributed by atoms with E-state index < -0.39 is 0 Å². The Labute approximate surface area is 124 Å². The quantitative estimate of drug-likeness (QED) is 0.936. The largest absolute Gasteiger partial charge is 0.321 e. The van der Waals surface area contributed by atoms with Crippen LogP contribution in [-0.2, 0) is 0 Å². The molecule has 0 atom stereocenters. The van der Waals surface area contributed by atoms with E-state index in [1.165, 1.54) is 0 Å². The maximum Gasteiger partial charge on any atom is 0.259 e. The van der Waals surface area contributed by atoms with Gasteiger partial charge >= 0.3 is 0 Å². The highest BCUT2D eigenvalue weighted by Gasteiger charge is 2.27. The summed E-state index contributed by atoms with van der Waals surface area (Å²) in [4.78, 5) is 21.3. The molecule has 108 valence electrons. The van der Waals surface area contributed by atoms with Gasteiger partial charge < -0.3 is 5.32 Å². The normalized spacial score (nSPS) is 14.0. The Morgan fingerprint density at radius 3 is 2.43 bits per heavy atom. The van der Waals surface area contributed by atoms with Crippen molar-refractivity contribution in [2.75, 3.05) is 5.32 Å². The first-order chi connectivity index (χ1) is 10.1. The molecule has 4 heteroatoms. The molecule has 1 N–H and O–H groups in total. The van der Waals surface area contributed by atoms with Crippen LogP contribution in [0.5, 0.6) is 0 Å². The lowest BCUT2D eigenvalue weighted by Gasteiger charge is -2.12. The zero-order valence-corrected chi connectivity index (χ0v) is 12.6. The van der Waals surface area contributed by atoms with Gasteiger partial charge in [0.2, 0.25) is 0 Å². The zero-order chi connectivity index (χ0) is 15.0. The Balaban J connectivity index is 1.85. The maximum absolute atomic E-state index is 12.4. The van der Waals surface area contributed by atoms with Crippen LogP contribution in [-0.4, -0.2) is 15.9 Å². The van der Waals surface area contributed by atoms with Crippen molar-refractivity contribution in [2.24, 2.45) is 0 Å². The Morgan fingerprint density at radius 2 is 1.86 bits per heavy atom. The van der Waals surface area contributed by atoms with Crippen molar-refractivity contribution >= 4 is 11.6 Å². The molecule has 1 aromatic carbocycles. The predicted octanol–water partition coefficient (Wildman–Crippen LogP) is 3.53. The molecular formula is C17H19N3O. The molecule has 3 rings (SSSR count). The average Bonchev–Trinajstić information content (AvgIpc) is 3.27. The van der Waals surface area contributed by atoms with Gasteiger partial charge in [0.25, 0.3) is 5.91 Å². The molecule has 21 heavy (non-hydrogen) atoms. The van der Waals surface area contributed by atoms with Gasteiger partial charge in [-0.1, -0.05) is 18.2 Å². The number of carbonyl (C=O) groups is 1. The second-order valence-corrected chi connectivity index (χ2v) is 5.72. The highest BCUT2D eigenvalue weighted by Crippen LogP contribution is 2.38. The summed E-state index contributed by atoms with van der Waals surface area (Å²) in [6.45, 7) is 5.84. The highest BCUT2D eigenvalue weighted by molar-refractivity contribution is 6.05. The number of rotatable bonds is 3. The number of aryl methyl sites for hydroxylation is 3. The second-order valence-electron chi connectivity index (χ2n) is 5.72. The van der Waals surface area contributed by atoms with Gasteiger partial charge in [-0.05, 0) is 44.7 Å². The zero-order valence-electron chi connectivity index (χ0n) is 12.6. The van der Waals surface area contributed by atoms with E-state index in [2.05, 4.69) is 15.3 Å². The van der Waals surface area contributed by atoms with E-state index in [9.17, 15) is 4.79 Å². The van der Waals surface area contributed by atoms with Gasteiger partial charge in [0.1, 0.15) is 5.82 Å². The first-order valence-corrected chi connectivity index (χ1v) is 7.27. The third kappa shape index (κ3) is 2.79. The van der Waals surface area contributed by atoms with Crippen LogP contribution in [0.3, 0.4) is 0 Å². The number of hydrogen-bond donors (Lipinski definition) is 1. The van der Waals surface area contributed by atoms with Gasteiger partial charge in [-0.2, -0.15) is 0 Å². The number of nitrogens with zero attached hydrogens (tertiary/aromatic N) is 2. The molecular weight excluding hydrogens is 262 g/mol. The summed E-state index contributed by atoms with van der Waals surface area (Å²) in [5, 5.41) is 2.98. The Morgan fingerprint density at radius 1 is 1.19 bits per heavy atom. The fourth-order valence-corrected chi connectivity index (χ4v) is 2.44. The van der Waals surface area contributed by atoms with Gasteiger partial charge in [-0.3, -0.25) is 4.79 Å². The molecule has 1 fully saturated rings. The summed E-state index contributed by atoms with van der Waals surface area (Å²) in [6, 6.07) is 5.96. The van der Waals surface area contributed by atoms with Crippen molar-refractivity contribution in [3.63, 3.8) is 0 Å². The van der Waals surface area contributed by atoms with Crippen LogP contribution in [0.15, 0.2) is 24.4 Å².